The molecule has 146 valence electrons. The van der Waals surface area contributed by atoms with Crippen molar-refractivity contribution in [3.05, 3.63) is 46.2 Å². The zero-order valence-corrected chi connectivity index (χ0v) is 16.7. The van der Waals surface area contributed by atoms with Crippen LogP contribution in [0.1, 0.15) is 56.1 Å². The van der Waals surface area contributed by atoms with E-state index in [9.17, 15) is 18.0 Å². The summed E-state index contributed by atoms with van der Waals surface area (Å²) in [5, 5.41) is 0. The Kier molecular flexibility index (Phi) is 5.03. The summed E-state index contributed by atoms with van der Waals surface area (Å²) in [5.41, 5.74) is 2.28. The number of aryl methyl sites for hydroxylation is 3. The number of esters is 1. The van der Waals surface area contributed by atoms with Crippen molar-refractivity contribution in [3.8, 4) is 0 Å². The molecule has 1 atom stereocenters. The first-order valence-corrected chi connectivity index (χ1v) is 10.6. The fourth-order valence-corrected chi connectivity index (χ4v) is 5.42. The van der Waals surface area contributed by atoms with E-state index in [-0.39, 0.29) is 29.9 Å². The zero-order valence-electron chi connectivity index (χ0n) is 15.9. The summed E-state index contributed by atoms with van der Waals surface area (Å²) in [6.07, 6.45) is 0.542. The molecule has 27 heavy (non-hydrogen) atoms. The molecule has 0 bridgehead atoms. The second kappa shape index (κ2) is 6.99. The summed E-state index contributed by atoms with van der Waals surface area (Å²) in [4.78, 5) is 24.7. The largest absolute Gasteiger partial charge is 0.466 e. The van der Waals surface area contributed by atoms with Crippen LogP contribution in [0, 0.1) is 27.7 Å². The molecule has 0 aromatic carbocycles. The maximum atomic E-state index is 12.6. The van der Waals surface area contributed by atoms with E-state index in [1.807, 2.05) is 11.5 Å². The molecule has 1 aliphatic rings. The van der Waals surface area contributed by atoms with Gasteiger partial charge >= 0.3 is 5.97 Å². The molecule has 1 saturated heterocycles. The average molecular weight is 393 g/mol. The molecule has 1 aliphatic heterocycles. The molecule has 0 amide bonds. The van der Waals surface area contributed by atoms with Crippen molar-refractivity contribution in [2.75, 3.05) is 18.1 Å². The van der Waals surface area contributed by atoms with Gasteiger partial charge in [-0.3, -0.25) is 4.79 Å². The van der Waals surface area contributed by atoms with Gasteiger partial charge in [0, 0.05) is 23.0 Å². The van der Waals surface area contributed by atoms with Gasteiger partial charge in [-0.25, -0.2) is 13.2 Å². The molecule has 0 spiro atoms. The SMILES string of the molecule is Cc1cc(C(=O)OCC(=O)c2cc(C)n([C@@H]3CCS(=O)(=O)C3)c2C)c(C)o1. The molecule has 2 aromatic heterocycles. The summed E-state index contributed by atoms with van der Waals surface area (Å²) in [6.45, 7) is 6.65. The van der Waals surface area contributed by atoms with Gasteiger partial charge < -0.3 is 13.7 Å². The minimum Gasteiger partial charge on any atom is -0.466 e. The van der Waals surface area contributed by atoms with Gasteiger partial charge in [-0.2, -0.15) is 0 Å². The summed E-state index contributed by atoms with van der Waals surface area (Å²) in [6, 6.07) is 3.15. The molecule has 7 nitrogen and oxygen atoms in total. The minimum atomic E-state index is -3.03. The molecule has 1 fully saturated rings. The van der Waals surface area contributed by atoms with E-state index in [0.717, 1.165) is 5.69 Å². The highest BCUT2D eigenvalue weighted by molar-refractivity contribution is 7.91. The van der Waals surface area contributed by atoms with Crippen LogP contribution in [0.4, 0.5) is 0 Å². The molecule has 0 unspecified atom stereocenters. The number of ether oxygens (including phenoxy) is 1. The maximum absolute atomic E-state index is 12.6. The first-order chi connectivity index (χ1) is 12.6. The number of ketones is 1. The van der Waals surface area contributed by atoms with Gasteiger partial charge in [0.25, 0.3) is 0 Å². The van der Waals surface area contributed by atoms with Crippen LogP contribution < -0.4 is 0 Å². The van der Waals surface area contributed by atoms with Crippen LogP contribution in [-0.2, 0) is 14.6 Å². The van der Waals surface area contributed by atoms with Gasteiger partial charge in [-0.1, -0.05) is 0 Å². The highest BCUT2D eigenvalue weighted by atomic mass is 32.2. The number of carbonyl (C=O) groups excluding carboxylic acids is 2. The Bertz CT molecular complexity index is 1010. The van der Waals surface area contributed by atoms with Gasteiger partial charge in [0.05, 0.1) is 11.5 Å². The molecule has 0 aliphatic carbocycles. The number of hydrogen-bond donors (Lipinski definition) is 0. The van der Waals surface area contributed by atoms with Crippen molar-refractivity contribution in [3.63, 3.8) is 0 Å². The second-order valence-corrected chi connectivity index (χ2v) is 9.27. The van der Waals surface area contributed by atoms with Crippen molar-refractivity contribution >= 4 is 21.6 Å². The van der Waals surface area contributed by atoms with Crippen LogP contribution in [-0.4, -0.2) is 42.9 Å². The van der Waals surface area contributed by atoms with Crippen LogP contribution in [0.2, 0.25) is 0 Å². The Morgan fingerprint density at radius 1 is 1.19 bits per heavy atom. The molecule has 3 heterocycles. The zero-order chi connectivity index (χ0) is 19.9. The molecule has 0 N–H and O–H groups in total. The number of furan rings is 1. The summed E-state index contributed by atoms with van der Waals surface area (Å²) < 4.78 is 35.9. The van der Waals surface area contributed by atoms with Crippen molar-refractivity contribution < 1.29 is 27.2 Å². The Balaban J connectivity index is 1.73. The third-order valence-electron chi connectivity index (χ3n) is 4.95. The number of nitrogens with zero attached hydrogens (tertiary/aromatic N) is 1. The molecule has 0 radical (unpaired) electrons. The number of sulfone groups is 1. The predicted molar refractivity (Wildman–Crippen MR) is 99.0 cm³/mol. The summed E-state index contributed by atoms with van der Waals surface area (Å²) in [7, 11) is -3.03. The highest BCUT2D eigenvalue weighted by Gasteiger charge is 2.31. The normalized spacial score (nSPS) is 18.6. The van der Waals surface area contributed by atoms with E-state index in [4.69, 9.17) is 9.15 Å². The van der Waals surface area contributed by atoms with E-state index in [1.165, 1.54) is 0 Å². The van der Waals surface area contributed by atoms with E-state index in [1.54, 1.807) is 32.9 Å². The van der Waals surface area contributed by atoms with Crippen LogP contribution in [0.3, 0.4) is 0 Å². The minimum absolute atomic E-state index is 0.0884. The van der Waals surface area contributed by atoms with Crippen LogP contribution in [0.15, 0.2) is 16.5 Å². The van der Waals surface area contributed by atoms with Gasteiger partial charge in [0.2, 0.25) is 5.78 Å². The van der Waals surface area contributed by atoms with Gasteiger partial charge in [0.1, 0.15) is 17.1 Å². The number of aromatic nitrogens is 1. The van der Waals surface area contributed by atoms with E-state index in [2.05, 4.69) is 0 Å². The number of rotatable bonds is 5. The standard InChI is InChI=1S/C19H23NO6S/c1-11-7-16(13(3)20(11)15-5-6-27(23,24)10-15)18(21)9-25-19(22)17-8-12(2)26-14(17)4/h7-8,15H,5-6,9-10H2,1-4H3/t15-/m1/s1. The molecular weight excluding hydrogens is 370 g/mol. The molecule has 0 saturated carbocycles. The van der Waals surface area contributed by atoms with Crippen molar-refractivity contribution in [1.82, 2.24) is 4.57 Å². The number of hydrogen-bond acceptors (Lipinski definition) is 6. The third-order valence-corrected chi connectivity index (χ3v) is 6.70. The molecule has 3 rings (SSSR count). The molecule has 2 aromatic rings. The van der Waals surface area contributed by atoms with E-state index in [0.29, 0.717) is 34.8 Å². The van der Waals surface area contributed by atoms with Gasteiger partial charge in [-0.15, -0.1) is 0 Å². The first-order valence-electron chi connectivity index (χ1n) is 8.75. The lowest BCUT2D eigenvalue weighted by Crippen LogP contribution is -2.17. The summed E-state index contributed by atoms with van der Waals surface area (Å²) in [5.74, 6) is 0.380. The van der Waals surface area contributed by atoms with Crippen molar-refractivity contribution in [2.24, 2.45) is 0 Å². The fourth-order valence-electron chi connectivity index (χ4n) is 3.72. The summed E-state index contributed by atoms with van der Waals surface area (Å²) >= 11 is 0. The quantitative estimate of drug-likeness (QED) is 0.572. The topological polar surface area (TPSA) is 95.6 Å². The lowest BCUT2D eigenvalue weighted by Gasteiger charge is -2.16. The van der Waals surface area contributed by atoms with Crippen LogP contribution in [0.5, 0.6) is 0 Å². The Hall–Kier alpha value is -2.35. The fraction of sp³-hybridized carbons (Fsp3) is 0.474. The Morgan fingerprint density at radius 3 is 2.44 bits per heavy atom. The van der Waals surface area contributed by atoms with Crippen molar-refractivity contribution in [2.45, 2.75) is 40.2 Å². The maximum Gasteiger partial charge on any atom is 0.342 e. The third kappa shape index (κ3) is 3.85. The molecular formula is C19H23NO6S. The Morgan fingerprint density at radius 2 is 1.89 bits per heavy atom. The smallest absolute Gasteiger partial charge is 0.342 e. The van der Waals surface area contributed by atoms with Crippen LogP contribution in [0.25, 0.3) is 0 Å². The molecule has 8 heteroatoms. The monoisotopic (exact) mass is 393 g/mol. The lowest BCUT2D eigenvalue weighted by atomic mass is 10.1. The number of carbonyl (C=O) groups is 2. The predicted octanol–water partition coefficient (Wildman–Crippen LogP) is 2.71. The second-order valence-electron chi connectivity index (χ2n) is 7.04. The Labute approximate surface area is 158 Å². The van der Waals surface area contributed by atoms with Crippen molar-refractivity contribution in [1.29, 1.82) is 0 Å². The van der Waals surface area contributed by atoms with E-state index >= 15 is 0 Å². The van der Waals surface area contributed by atoms with Gasteiger partial charge in [-0.05, 0) is 46.2 Å². The van der Waals surface area contributed by atoms with Crippen LogP contribution >= 0.6 is 0 Å². The van der Waals surface area contributed by atoms with E-state index < -0.39 is 15.8 Å². The van der Waals surface area contributed by atoms with Gasteiger partial charge in [0.15, 0.2) is 16.4 Å². The number of Topliss-reactive ketones (excluding diaryl/α,β-unsaturated/α-hetero) is 1. The lowest BCUT2D eigenvalue weighted by molar-refractivity contribution is 0.0472. The highest BCUT2D eigenvalue weighted by Crippen LogP contribution is 2.29. The average Bonchev–Trinajstić information content (AvgIpc) is 3.20. The first kappa shape index (κ1) is 19.4.